The Bertz CT molecular complexity index is 1740. The van der Waals surface area contributed by atoms with Gasteiger partial charge in [-0.15, -0.1) is 0 Å². The van der Waals surface area contributed by atoms with Gasteiger partial charge in [-0.1, -0.05) is 82.3 Å². The fourth-order valence-electron chi connectivity index (χ4n) is 9.66. The molecule has 3 aliphatic heterocycles. The molecule has 2 aromatic carbocycles. The molecule has 3 heterocycles. The molecule has 0 radical (unpaired) electrons. The van der Waals surface area contributed by atoms with Crippen molar-refractivity contribution in [3.05, 3.63) is 60.2 Å². The molecule has 3 aliphatic rings. The van der Waals surface area contributed by atoms with E-state index < -0.39 is 83.4 Å². The van der Waals surface area contributed by atoms with Crippen molar-refractivity contribution in [3.63, 3.8) is 0 Å². The summed E-state index contributed by atoms with van der Waals surface area (Å²) in [5.41, 5.74) is 0.705. The normalized spacial score (nSPS) is 36.6. The smallest absolute Gasteiger partial charge is 0.410 e. The lowest BCUT2D eigenvalue weighted by atomic mass is 9.73. The van der Waals surface area contributed by atoms with E-state index in [0.717, 1.165) is 16.7 Å². The first-order chi connectivity index (χ1) is 27.4. The van der Waals surface area contributed by atoms with Crippen LogP contribution in [0.2, 0.25) is 0 Å². The van der Waals surface area contributed by atoms with Gasteiger partial charge in [-0.05, 0) is 90.6 Å². The highest BCUT2D eigenvalue weighted by atomic mass is 16.7. The number of ketones is 2. The summed E-state index contributed by atoms with van der Waals surface area (Å²) < 4.78 is 31.3. The van der Waals surface area contributed by atoms with Crippen molar-refractivity contribution in [1.82, 2.24) is 9.80 Å². The fourth-order valence-corrected chi connectivity index (χ4v) is 9.66. The van der Waals surface area contributed by atoms with Gasteiger partial charge in [0.1, 0.15) is 23.9 Å². The minimum absolute atomic E-state index is 0.137. The number of amides is 1. The number of ether oxygens (including phenoxy) is 5. The van der Waals surface area contributed by atoms with Crippen LogP contribution < -0.4 is 0 Å². The number of nitrogens with zero attached hydrogens (tertiary/aromatic N) is 2. The molecule has 1 N–H and O–H groups in total. The Balaban J connectivity index is 1.46. The van der Waals surface area contributed by atoms with Gasteiger partial charge in [0, 0.05) is 37.5 Å². The Morgan fingerprint density at radius 3 is 2.14 bits per heavy atom. The van der Waals surface area contributed by atoms with E-state index >= 15 is 0 Å². The molecule has 0 unspecified atom stereocenters. The molecule has 0 aromatic heterocycles. The van der Waals surface area contributed by atoms with E-state index in [2.05, 4.69) is 36.4 Å². The summed E-state index contributed by atoms with van der Waals surface area (Å²) in [5, 5.41) is 11.4. The lowest BCUT2D eigenvalue weighted by Gasteiger charge is -2.47. The van der Waals surface area contributed by atoms with Crippen molar-refractivity contribution in [1.29, 1.82) is 0 Å². The molecule has 12 nitrogen and oxygen atoms in total. The molecular formula is C46H66N2O10. The molecule has 12 heteroatoms. The van der Waals surface area contributed by atoms with Crippen LogP contribution in [-0.2, 0) is 44.5 Å². The quantitative estimate of drug-likeness (QED) is 0.208. The van der Waals surface area contributed by atoms with Gasteiger partial charge in [0.25, 0.3) is 0 Å². The number of esters is 1. The van der Waals surface area contributed by atoms with Gasteiger partial charge >= 0.3 is 12.1 Å². The number of rotatable bonds is 10. The summed E-state index contributed by atoms with van der Waals surface area (Å²) in [7, 11) is 5.25. The van der Waals surface area contributed by atoms with Gasteiger partial charge in [0.05, 0.1) is 23.9 Å². The zero-order valence-corrected chi connectivity index (χ0v) is 36.3. The van der Waals surface area contributed by atoms with Gasteiger partial charge in [0.2, 0.25) is 0 Å². The van der Waals surface area contributed by atoms with E-state index in [-0.39, 0.29) is 30.8 Å². The summed E-state index contributed by atoms with van der Waals surface area (Å²) in [5.74, 6) is -4.90. The number of fused-ring (bicyclic) bond motifs is 1. The van der Waals surface area contributed by atoms with E-state index in [4.69, 9.17) is 23.7 Å². The Labute approximate surface area is 344 Å². The Hall–Kier alpha value is -3.68. The van der Waals surface area contributed by atoms with Crippen LogP contribution in [0, 0.1) is 23.7 Å². The molecule has 2 aromatic rings. The number of aliphatic hydroxyl groups is 1. The molecule has 5 rings (SSSR count). The lowest BCUT2D eigenvalue weighted by Crippen LogP contribution is -2.60. The minimum atomic E-state index is -1.39. The SMILES string of the molecule is CC[C@H]1OC(=O)[C@H](C)C(=O)[C@H](C)[C@@H](O[C@@H]2O[C@H](C)C[C@H](N(C)C)[C@H]2O)[C@](C)(OC)C[C@@H](C)C(=O)[C@H](C)[C@@H]2N(CCCc3ccc(-c4ccccc4)cc3)C(=O)O[C@@]21C. The van der Waals surface area contributed by atoms with Gasteiger partial charge in [-0.2, -0.15) is 0 Å². The van der Waals surface area contributed by atoms with Gasteiger partial charge < -0.3 is 38.6 Å². The largest absolute Gasteiger partial charge is 0.458 e. The summed E-state index contributed by atoms with van der Waals surface area (Å²) in [6, 6.07) is 17.5. The predicted molar refractivity (Wildman–Crippen MR) is 220 cm³/mol. The van der Waals surface area contributed by atoms with Crippen molar-refractivity contribution in [3.8, 4) is 11.1 Å². The second kappa shape index (κ2) is 18.7. The monoisotopic (exact) mass is 806 g/mol. The number of carbonyl (C=O) groups excluding carboxylic acids is 4. The maximum atomic E-state index is 14.7. The van der Waals surface area contributed by atoms with Crippen LogP contribution in [0.4, 0.5) is 4.79 Å². The molecule has 1 amide bonds. The average Bonchev–Trinajstić information content (AvgIpc) is 3.47. The van der Waals surface area contributed by atoms with E-state index in [1.165, 1.54) is 14.0 Å². The van der Waals surface area contributed by atoms with E-state index in [1.807, 2.05) is 58.0 Å². The number of hydrogen-bond donors (Lipinski definition) is 1. The molecule has 0 saturated carbocycles. The van der Waals surface area contributed by atoms with Crippen LogP contribution >= 0.6 is 0 Å². The minimum Gasteiger partial charge on any atom is -0.458 e. The Kier molecular flexibility index (Phi) is 14.6. The predicted octanol–water partition coefficient (Wildman–Crippen LogP) is 6.49. The molecule has 0 spiro atoms. The van der Waals surface area contributed by atoms with Crippen LogP contribution in [0.25, 0.3) is 11.1 Å². The molecule has 0 aliphatic carbocycles. The number of likely N-dealkylation sites (N-methyl/N-ethyl adjacent to an activating group) is 1. The van der Waals surface area contributed by atoms with Crippen molar-refractivity contribution in [2.45, 2.75) is 141 Å². The zero-order valence-electron chi connectivity index (χ0n) is 36.3. The molecule has 13 atom stereocenters. The zero-order chi connectivity index (χ0) is 42.7. The molecule has 58 heavy (non-hydrogen) atoms. The maximum Gasteiger partial charge on any atom is 0.410 e. The summed E-state index contributed by atoms with van der Waals surface area (Å²) in [6.07, 6.45) is -2.71. The van der Waals surface area contributed by atoms with Crippen LogP contribution in [-0.4, -0.2) is 120 Å². The maximum absolute atomic E-state index is 14.7. The number of aliphatic hydroxyl groups excluding tert-OH is 1. The van der Waals surface area contributed by atoms with E-state index in [0.29, 0.717) is 25.8 Å². The van der Waals surface area contributed by atoms with Crippen LogP contribution in [0.15, 0.2) is 54.6 Å². The van der Waals surface area contributed by atoms with Crippen LogP contribution in [0.1, 0.15) is 86.6 Å². The number of methoxy groups -OCH3 is 1. The van der Waals surface area contributed by atoms with Gasteiger partial charge in [-0.3, -0.25) is 14.4 Å². The van der Waals surface area contributed by atoms with Crippen molar-refractivity contribution in [2.75, 3.05) is 27.7 Å². The lowest BCUT2D eigenvalue weighted by molar-refractivity contribution is -0.295. The number of cyclic esters (lactones) is 1. The molecular weight excluding hydrogens is 741 g/mol. The highest BCUT2D eigenvalue weighted by Gasteiger charge is 2.60. The summed E-state index contributed by atoms with van der Waals surface area (Å²) in [4.78, 5) is 60.5. The summed E-state index contributed by atoms with van der Waals surface area (Å²) in [6.45, 7) is 14.4. The highest BCUT2D eigenvalue weighted by Crippen LogP contribution is 2.43. The Morgan fingerprint density at radius 1 is 0.897 bits per heavy atom. The topological polar surface area (TPSA) is 141 Å². The van der Waals surface area contributed by atoms with Crippen LogP contribution in [0.3, 0.4) is 0 Å². The molecule has 3 saturated heterocycles. The third-order valence-corrected chi connectivity index (χ3v) is 13.1. The average molecular weight is 807 g/mol. The number of Topliss-reactive ketones (excluding diaryl/α,β-unsaturated/α-hetero) is 2. The molecule has 320 valence electrons. The van der Waals surface area contributed by atoms with Crippen molar-refractivity contribution in [2.24, 2.45) is 23.7 Å². The standard InChI is InChI=1S/C46H66N2O10/c1-12-36-46(8)40(48(44(53)58-46)24-16-17-32-20-22-34(23-21-32)33-18-14-13-15-19-33)29(4)37(49)27(2)26-45(7,54-11)41(30(5)38(50)31(6)42(52)56-36)57-43-39(51)35(47(9)10)25-28(3)55-43/h13-15,18-23,27-31,35-36,39-41,43,51H,12,16-17,24-26H2,1-11H3/t27-,28-,29+,30+,31-,35+,36-,39-,40+,41-,43+,45-,46-/m1/s1. The van der Waals surface area contributed by atoms with E-state index in [9.17, 15) is 24.3 Å². The summed E-state index contributed by atoms with van der Waals surface area (Å²) >= 11 is 0. The number of aryl methyl sites for hydroxylation is 1. The number of hydrogen-bond acceptors (Lipinski definition) is 11. The Morgan fingerprint density at radius 2 is 1.53 bits per heavy atom. The molecule has 0 bridgehead atoms. The first-order valence-corrected chi connectivity index (χ1v) is 21.0. The van der Waals surface area contributed by atoms with Gasteiger partial charge in [-0.25, -0.2) is 4.79 Å². The third kappa shape index (κ3) is 9.36. The van der Waals surface area contributed by atoms with E-state index in [1.54, 1.807) is 32.6 Å². The first-order valence-electron chi connectivity index (χ1n) is 21.0. The van der Waals surface area contributed by atoms with Crippen molar-refractivity contribution >= 4 is 23.6 Å². The number of benzene rings is 2. The molecule has 3 fully saturated rings. The second-order valence-electron chi connectivity index (χ2n) is 17.5. The second-order valence-corrected chi connectivity index (χ2v) is 17.5. The fraction of sp³-hybridized carbons (Fsp3) is 0.652. The number of carbonyl (C=O) groups is 4. The first kappa shape index (κ1) is 45.4. The highest BCUT2D eigenvalue weighted by molar-refractivity contribution is 6.00. The van der Waals surface area contributed by atoms with Crippen LogP contribution in [0.5, 0.6) is 0 Å². The van der Waals surface area contributed by atoms with Gasteiger partial charge in [0.15, 0.2) is 17.7 Å². The van der Waals surface area contributed by atoms with Crippen molar-refractivity contribution < 1.29 is 48.0 Å². The third-order valence-electron chi connectivity index (χ3n) is 13.1.